The molecule has 0 saturated carbocycles. The summed E-state index contributed by atoms with van der Waals surface area (Å²) in [5, 5.41) is 0.970. The van der Waals surface area contributed by atoms with Crippen molar-refractivity contribution >= 4 is 34.1 Å². The van der Waals surface area contributed by atoms with Crippen molar-refractivity contribution in [3.63, 3.8) is 0 Å². The quantitative estimate of drug-likeness (QED) is 0.463. The Balaban J connectivity index is 2.27. The first-order valence-electron chi connectivity index (χ1n) is 5.74. The number of hydrogen-bond acceptors (Lipinski definition) is 2. The number of aromatic nitrogens is 2. The molecule has 0 spiro atoms. The summed E-state index contributed by atoms with van der Waals surface area (Å²) >= 11 is 11.9. The lowest BCUT2D eigenvalue weighted by molar-refractivity contribution is 0.448. The molecule has 0 amide bonds. The highest BCUT2D eigenvalue weighted by Gasteiger charge is 2.18. The molecule has 21 heavy (non-hydrogen) atoms. The van der Waals surface area contributed by atoms with Crippen molar-refractivity contribution in [2.75, 3.05) is 0 Å². The fourth-order valence-electron chi connectivity index (χ4n) is 1.88. The molecule has 0 aliphatic rings. The van der Waals surface area contributed by atoms with Gasteiger partial charge in [-0.15, -0.1) is 0 Å². The van der Waals surface area contributed by atoms with Gasteiger partial charge in [0.15, 0.2) is 23.3 Å². The second kappa shape index (κ2) is 5.16. The van der Waals surface area contributed by atoms with Crippen LogP contribution in [0.4, 0.5) is 13.2 Å². The van der Waals surface area contributed by atoms with E-state index in [1.807, 2.05) is 0 Å². The van der Waals surface area contributed by atoms with Crippen LogP contribution in [0.1, 0.15) is 0 Å². The van der Waals surface area contributed by atoms with Crippen LogP contribution in [0, 0.1) is 17.5 Å². The minimum absolute atomic E-state index is 0.0432. The summed E-state index contributed by atoms with van der Waals surface area (Å²) in [4.78, 5) is 8.01. The average Bonchev–Trinajstić information content (AvgIpc) is 2.45. The van der Waals surface area contributed by atoms with E-state index in [1.54, 1.807) is 18.2 Å². The third kappa shape index (κ3) is 2.43. The number of rotatable bonds is 1. The standard InChI is InChI=1S/C14H5Cl2F3N2/c15-6-1-4-10-8(5-6)13(16)21-14(20-10)7-2-3-9(17)12(19)11(7)18/h1-5H. The van der Waals surface area contributed by atoms with Crippen molar-refractivity contribution < 1.29 is 13.2 Å². The number of fused-ring (bicyclic) bond motifs is 1. The maximum absolute atomic E-state index is 13.8. The SMILES string of the molecule is Fc1ccc(-c2nc(Cl)c3cc(Cl)ccc3n2)c(F)c1F. The summed E-state index contributed by atoms with van der Waals surface area (Å²) < 4.78 is 40.0. The molecule has 0 radical (unpaired) electrons. The van der Waals surface area contributed by atoms with Crippen LogP contribution in [0.15, 0.2) is 30.3 Å². The van der Waals surface area contributed by atoms with E-state index in [4.69, 9.17) is 23.2 Å². The highest BCUT2D eigenvalue weighted by Crippen LogP contribution is 2.29. The van der Waals surface area contributed by atoms with Crippen LogP contribution in [0.2, 0.25) is 10.2 Å². The van der Waals surface area contributed by atoms with Crippen LogP contribution < -0.4 is 0 Å². The summed E-state index contributed by atoms with van der Waals surface area (Å²) in [5.41, 5.74) is 0.145. The van der Waals surface area contributed by atoms with Gasteiger partial charge < -0.3 is 0 Å². The monoisotopic (exact) mass is 328 g/mol. The predicted molar refractivity (Wildman–Crippen MR) is 74.9 cm³/mol. The largest absolute Gasteiger partial charge is 0.228 e. The van der Waals surface area contributed by atoms with E-state index in [-0.39, 0.29) is 16.5 Å². The molecule has 2 aromatic carbocycles. The zero-order chi connectivity index (χ0) is 15.1. The van der Waals surface area contributed by atoms with Gasteiger partial charge in [0.05, 0.1) is 11.1 Å². The zero-order valence-corrected chi connectivity index (χ0v) is 11.7. The molecular formula is C14H5Cl2F3N2. The van der Waals surface area contributed by atoms with E-state index in [2.05, 4.69) is 9.97 Å². The molecule has 0 atom stereocenters. The van der Waals surface area contributed by atoms with Crippen LogP contribution in [-0.4, -0.2) is 9.97 Å². The number of hydrogen-bond donors (Lipinski definition) is 0. The molecule has 3 rings (SSSR count). The molecule has 7 heteroatoms. The van der Waals surface area contributed by atoms with Crippen LogP contribution in [0.3, 0.4) is 0 Å². The molecule has 0 saturated heterocycles. The van der Waals surface area contributed by atoms with Gasteiger partial charge in [0.25, 0.3) is 0 Å². The van der Waals surface area contributed by atoms with Crippen molar-refractivity contribution in [3.05, 3.63) is 58.0 Å². The van der Waals surface area contributed by atoms with Gasteiger partial charge in [0.2, 0.25) is 0 Å². The Morgan fingerprint density at radius 3 is 2.38 bits per heavy atom. The Labute approximate surface area is 127 Å². The van der Waals surface area contributed by atoms with Crippen LogP contribution in [0.25, 0.3) is 22.3 Å². The van der Waals surface area contributed by atoms with Gasteiger partial charge in [-0.3, -0.25) is 0 Å². The lowest BCUT2D eigenvalue weighted by atomic mass is 10.1. The van der Waals surface area contributed by atoms with E-state index >= 15 is 0 Å². The van der Waals surface area contributed by atoms with Gasteiger partial charge in [-0.25, -0.2) is 23.1 Å². The van der Waals surface area contributed by atoms with Gasteiger partial charge in [-0.2, -0.15) is 0 Å². The van der Waals surface area contributed by atoms with Crippen LogP contribution in [0.5, 0.6) is 0 Å². The Kier molecular flexibility index (Phi) is 3.47. The minimum Gasteiger partial charge on any atom is -0.228 e. The molecule has 0 fully saturated rings. The Hall–Kier alpha value is -1.85. The summed E-state index contributed by atoms with van der Waals surface area (Å²) in [6.45, 7) is 0. The molecule has 0 N–H and O–H groups in total. The van der Waals surface area contributed by atoms with E-state index < -0.39 is 17.5 Å². The van der Waals surface area contributed by atoms with E-state index in [0.29, 0.717) is 15.9 Å². The molecule has 3 aromatic rings. The summed E-state index contributed by atoms with van der Waals surface area (Å²) in [7, 11) is 0. The fraction of sp³-hybridized carbons (Fsp3) is 0. The third-order valence-electron chi connectivity index (χ3n) is 2.89. The fourth-order valence-corrected chi connectivity index (χ4v) is 2.29. The first-order valence-corrected chi connectivity index (χ1v) is 6.49. The highest BCUT2D eigenvalue weighted by molar-refractivity contribution is 6.35. The second-order valence-corrected chi connectivity index (χ2v) is 5.02. The molecule has 2 nitrogen and oxygen atoms in total. The van der Waals surface area contributed by atoms with Crippen LogP contribution in [-0.2, 0) is 0 Å². The lowest BCUT2D eigenvalue weighted by Gasteiger charge is -2.06. The summed E-state index contributed by atoms with van der Waals surface area (Å²) in [5.74, 6) is -4.36. The zero-order valence-electron chi connectivity index (χ0n) is 10.2. The smallest absolute Gasteiger partial charge is 0.195 e. The molecule has 1 aromatic heterocycles. The van der Waals surface area contributed by atoms with Crippen molar-refractivity contribution in [1.82, 2.24) is 9.97 Å². The average molecular weight is 329 g/mol. The van der Waals surface area contributed by atoms with Crippen LogP contribution >= 0.6 is 23.2 Å². The topological polar surface area (TPSA) is 25.8 Å². The molecule has 106 valence electrons. The number of nitrogens with zero attached hydrogens (tertiary/aromatic N) is 2. The van der Waals surface area contributed by atoms with Crippen molar-refractivity contribution in [3.8, 4) is 11.4 Å². The van der Waals surface area contributed by atoms with Crippen molar-refractivity contribution in [2.45, 2.75) is 0 Å². The Morgan fingerprint density at radius 2 is 1.62 bits per heavy atom. The maximum Gasteiger partial charge on any atom is 0.195 e. The van der Waals surface area contributed by atoms with E-state index in [0.717, 1.165) is 12.1 Å². The first-order chi connectivity index (χ1) is 9.97. The van der Waals surface area contributed by atoms with Crippen molar-refractivity contribution in [1.29, 1.82) is 0 Å². The highest BCUT2D eigenvalue weighted by atomic mass is 35.5. The molecule has 0 bridgehead atoms. The third-order valence-corrected chi connectivity index (χ3v) is 3.41. The Morgan fingerprint density at radius 1 is 0.857 bits per heavy atom. The minimum atomic E-state index is -1.58. The van der Waals surface area contributed by atoms with Gasteiger partial charge >= 0.3 is 0 Å². The molecule has 0 aliphatic carbocycles. The molecule has 1 heterocycles. The summed E-state index contributed by atoms with van der Waals surface area (Å²) in [6.07, 6.45) is 0. The number of halogens is 5. The van der Waals surface area contributed by atoms with Crippen molar-refractivity contribution in [2.24, 2.45) is 0 Å². The Bertz CT molecular complexity index is 868. The molecule has 0 aliphatic heterocycles. The second-order valence-electron chi connectivity index (χ2n) is 4.22. The van der Waals surface area contributed by atoms with Gasteiger partial charge in [-0.05, 0) is 30.3 Å². The maximum atomic E-state index is 13.8. The molecule has 0 unspecified atom stereocenters. The van der Waals surface area contributed by atoms with Gasteiger partial charge in [-0.1, -0.05) is 23.2 Å². The van der Waals surface area contributed by atoms with Gasteiger partial charge in [0.1, 0.15) is 5.15 Å². The van der Waals surface area contributed by atoms with E-state index in [1.165, 1.54) is 0 Å². The molecular weight excluding hydrogens is 324 g/mol. The predicted octanol–water partition coefficient (Wildman–Crippen LogP) is 5.02. The first kappa shape index (κ1) is 14.1. The normalized spacial score (nSPS) is 11.1. The van der Waals surface area contributed by atoms with E-state index in [9.17, 15) is 13.2 Å². The lowest BCUT2D eigenvalue weighted by Crippen LogP contribution is -1.98. The summed E-state index contributed by atoms with van der Waals surface area (Å²) in [6, 6.07) is 6.58. The number of benzene rings is 2. The van der Waals surface area contributed by atoms with Gasteiger partial charge in [0, 0.05) is 10.4 Å².